The molecule has 0 unspecified atom stereocenters. The van der Waals surface area contributed by atoms with Crippen molar-refractivity contribution in [1.82, 2.24) is 5.43 Å². The second-order valence-corrected chi connectivity index (χ2v) is 7.97. The van der Waals surface area contributed by atoms with Crippen LogP contribution in [0.25, 0.3) is 0 Å². The molecule has 0 saturated heterocycles. The SMILES string of the molecule is CCOc1cc(/C=N/NC(=O)c2ccc([N+](=O)[O-])cc2)cc(Br)c1OCc1ccc(Cl)cc1. The molecule has 0 aliphatic carbocycles. The maximum atomic E-state index is 12.2. The molecule has 0 heterocycles. The Morgan fingerprint density at radius 3 is 2.48 bits per heavy atom. The smallest absolute Gasteiger partial charge is 0.271 e. The van der Waals surface area contributed by atoms with Gasteiger partial charge in [-0.25, -0.2) is 5.43 Å². The number of ether oxygens (including phenoxy) is 2. The number of nitrogens with one attached hydrogen (secondary N) is 1. The molecule has 0 bridgehead atoms. The molecular weight excluding hydrogens is 514 g/mol. The van der Waals surface area contributed by atoms with Crippen molar-refractivity contribution in [3.8, 4) is 11.5 Å². The third-order valence-corrected chi connectivity index (χ3v) is 5.19. The summed E-state index contributed by atoms with van der Waals surface area (Å²) in [5.74, 6) is 0.566. The molecule has 3 aromatic rings. The zero-order valence-electron chi connectivity index (χ0n) is 17.5. The minimum atomic E-state index is -0.531. The van der Waals surface area contributed by atoms with Gasteiger partial charge in [-0.05, 0) is 70.4 Å². The van der Waals surface area contributed by atoms with Gasteiger partial charge in [-0.1, -0.05) is 23.7 Å². The van der Waals surface area contributed by atoms with Crippen LogP contribution in [0, 0.1) is 10.1 Å². The number of hydrogen-bond acceptors (Lipinski definition) is 6. The van der Waals surface area contributed by atoms with Crippen LogP contribution in [0.5, 0.6) is 11.5 Å². The number of amides is 1. The first-order valence-corrected chi connectivity index (χ1v) is 11.0. The Morgan fingerprint density at radius 1 is 1.15 bits per heavy atom. The zero-order chi connectivity index (χ0) is 23.8. The highest BCUT2D eigenvalue weighted by Crippen LogP contribution is 2.37. The topological polar surface area (TPSA) is 103 Å². The van der Waals surface area contributed by atoms with Crippen molar-refractivity contribution >= 4 is 45.3 Å². The lowest BCUT2D eigenvalue weighted by Crippen LogP contribution is -2.17. The summed E-state index contributed by atoms with van der Waals surface area (Å²) in [5.41, 5.74) is 4.16. The molecule has 1 amide bonds. The first kappa shape index (κ1) is 24.2. The van der Waals surface area contributed by atoms with Crippen LogP contribution in [0.3, 0.4) is 0 Å². The quantitative estimate of drug-likeness (QED) is 0.215. The molecule has 8 nitrogen and oxygen atoms in total. The molecule has 0 aliphatic heterocycles. The average molecular weight is 533 g/mol. The summed E-state index contributed by atoms with van der Waals surface area (Å²) in [6.45, 7) is 2.62. The van der Waals surface area contributed by atoms with Crippen LogP contribution in [0.4, 0.5) is 5.69 Å². The van der Waals surface area contributed by atoms with E-state index < -0.39 is 10.8 Å². The molecule has 1 N–H and O–H groups in total. The molecule has 0 spiro atoms. The van der Waals surface area contributed by atoms with E-state index in [0.29, 0.717) is 39.8 Å². The maximum absolute atomic E-state index is 12.2. The number of nitro benzene ring substituents is 1. The van der Waals surface area contributed by atoms with Crippen molar-refractivity contribution in [2.75, 3.05) is 6.61 Å². The van der Waals surface area contributed by atoms with Gasteiger partial charge >= 0.3 is 0 Å². The fraction of sp³-hybridized carbons (Fsp3) is 0.130. The number of non-ortho nitro benzene ring substituents is 1. The number of rotatable bonds is 9. The fourth-order valence-electron chi connectivity index (χ4n) is 2.77. The number of halogens is 2. The number of nitrogens with zero attached hydrogens (tertiary/aromatic N) is 2. The molecule has 0 saturated carbocycles. The van der Waals surface area contributed by atoms with Gasteiger partial charge in [0.25, 0.3) is 11.6 Å². The molecule has 10 heteroatoms. The van der Waals surface area contributed by atoms with Gasteiger partial charge in [-0.15, -0.1) is 0 Å². The number of hydrogen-bond donors (Lipinski definition) is 1. The van der Waals surface area contributed by atoms with Gasteiger partial charge in [0.2, 0.25) is 0 Å². The fourth-order valence-corrected chi connectivity index (χ4v) is 3.47. The van der Waals surface area contributed by atoms with E-state index in [2.05, 4.69) is 26.5 Å². The van der Waals surface area contributed by atoms with E-state index in [1.807, 2.05) is 19.1 Å². The van der Waals surface area contributed by atoms with Crippen molar-refractivity contribution in [2.24, 2.45) is 5.10 Å². The van der Waals surface area contributed by atoms with Crippen molar-refractivity contribution in [2.45, 2.75) is 13.5 Å². The normalized spacial score (nSPS) is 10.8. The summed E-state index contributed by atoms with van der Waals surface area (Å²) >= 11 is 9.42. The summed E-state index contributed by atoms with van der Waals surface area (Å²) in [7, 11) is 0. The van der Waals surface area contributed by atoms with Gasteiger partial charge in [-0.2, -0.15) is 5.10 Å². The number of carbonyl (C=O) groups is 1. The third-order valence-electron chi connectivity index (χ3n) is 4.35. The monoisotopic (exact) mass is 531 g/mol. The summed E-state index contributed by atoms with van der Waals surface area (Å²) in [6, 6.07) is 16.1. The first-order valence-electron chi connectivity index (χ1n) is 9.79. The van der Waals surface area contributed by atoms with Crippen molar-refractivity contribution in [3.63, 3.8) is 0 Å². The Hall–Kier alpha value is -3.43. The Morgan fingerprint density at radius 2 is 1.85 bits per heavy atom. The van der Waals surface area contributed by atoms with Crippen LogP contribution in [-0.2, 0) is 6.61 Å². The standard InChI is InChI=1S/C23H19BrClN3O5/c1-2-32-21-12-16(11-20(24)22(21)33-14-15-3-7-18(25)8-4-15)13-26-27-23(29)17-5-9-19(10-6-17)28(30)31/h3-13H,2,14H2,1H3,(H,27,29)/b26-13+. The van der Waals surface area contributed by atoms with Gasteiger partial charge in [0.15, 0.2) is 11.5 Å². The second kappa shape index (κ2) is 11.4. The molecule has 33 heavy (non-hydrogen) atoms. The molecular formula is C23H19BrClN3O5. The highest BCUT2D eigenvalue weighted by Gasteiger charge is 2.13. The zero-order valence-corrected chi connectivity index (χ0v) is 19.8. The van der Waals surface area contributed by atoms with Gasteiger partial charge in [0.05, 0.1) is 22.2 Å². The lowest BCUT2D eigenvalue weighted by Gasteiger charge is -2.14. The van der Waals surface area contributed by atoms with Gasteiger partial charge in [0.1, 0.15) is 6.61 Å². The largest absolute Gasteiger partial charge is 0.490 e. The van der Waals surface area contributed by atoms with E-state index in [0.717, 1.165) is 5.56 Å². The molecule has 0 atom stereocenters. The predicted molar refractivity (Wildman–Crippen MR) is 129 cm³/mol. The highest BCUT2D eigenvalue weighted by atomic mass is 79.9. The van der Waals surface area contributed by atoms with Crippen LogP contribution in [0.1, 0.15) is 28.4 Å². The number of hydrazone groups is 1. The molecule has 0 radical (unpaired) electrons. The minimum absolute atomic E-state index is 0.0956. The molecule has 0 aromatic heterocycles. The summed E-state index contributed by atoms with van der Waals surface area (Å²) in [5, 5.41) is 15.3. The molecule has 0 fully saturated rings. The highest BCUT2D eigenvalue weighted by molar-refractivity contribution is 9.10. The lowest BCUT2D eigenvalue weighted by molar-refractivity contribution is -0.384. The van der Waals surface area contributed by atoms with Crippen molar-refractivity contribution < 1.29 is 19.2 Å². The van der Waals surface area contributed by atoms with Gasteiger partial charge in [-0.3, -0.25) is 14.9 Å². The summed E-state index contributed by atoms with van der Waals surface area (Å²) in [4.78, 5) is 22.4. The number of carbonyl (C=O) groups excluding carboxylic acids is 1. The number of benzene rings is 3. The Labute approximate surface area is 203 Å². The lowest BCUT2D eigenvalue weighted by atomic mass is 10.2. The van der Waals surface area contributed by atoms with Crippen LogP contribution in [0.2, 0.25) is 5.02 Å². The minimum Gasteiger partial charge on any atom is -0.490 e. The van der Waals surface area contributed by atoms with E-state index in [-0.39, 0.29) is 11.3 Å². The Kier molecular flexibility index (Phi) is 8.39. The molecule has 3 rings (SSSR count). The van der Waals surface area contributed by atoms with E-state index in [4.69, 9.17) is 21.1 Å². The summed E-state index contributed by atoms with van der Waals surface area (Å²) < 4.78 is 12.3. The Balaban J connectivity index is 1.69. The number of nitro groups is 1. The van der Waals surface area contributed by atoms with Crippen molar-refractivity contribution in [3.05, 3.63) is 97.0 Å². The van der Waals surface area contributed by atoms with Gasteiger partial charge < -0.3 is 9.47 Å². The van der Waals surface area contributed by atoms with Crippen molar-refractivity contribution in [1.29, 1.82) is 0 Å². The molecule has 3 aromatic carbocycles. The average Bonchev–Trinajstić information content (AvgIpc) is 2.80. The van der Waals surface area contributed by atoms with E-state index >= 15 is 0 Å². The third kappa shape index (κ3) is 6.77. The van der Waals surface area contributed by atoms with E-state index in [1.54, 1.807) is 24.3 Å². The molecule has 170 valence electrons. The summed E-state index contributed by atoms with van der Waals surface area (Å²) in [6.07, 6.45) is 1.46. The van der Waals surface area contributed by atoms with E-state index in [1.165, 1.54) is 30.5 Å². The van der Waals surface area contributed by atoms with E-state index in [9.17, 15) is 14.9 Å². The second-order valence-electron chi connectivity index (χ2n) is 6.68. The first-order chi connectivity index (χ1) is 15.9. The maximum Gasteiger partial charge on any atom is 0.271 e. The van der Waals surface area contributed by atoms with Crippen LogP contribution < -0.4 is 14.9 Å². The Bertz CT molecular complexity index is 1170. The van der Waals surface area contributed by atoms with Crippen LogP contribution in [0.15, 0.2) is 70.2 Å². The van der Waals surface area contributed by atoms with Crippen LogP contribution in [-0.4, -0.2) is 23.7 Å². The van der Waals surface area contributed by atoms with Gasteiger partial charge in [0, 0.05) is 22.7 Å². The predicted octanol–water partition coefficient (Wildman–Crippen LogP) is 5.75. The van der Waals surface area contributed by atoms with Crippen LogP contribution >= 0.6 is 27.5 Å². The molecule has 0 aliphatic rings.